The molecule has 0 bridgehead atoms. The number of hydrogen-bond acceptors (Lipinski definition) is 3. The summed E-state index contributed by atoms with van der Waals surface area (Å²) >= 11 is 0. The zero-order valence-electron chi connectivity index (χ0n) is 9.73. The topological polar surface area (TPSA) is 48.1 Å². The molecule has 0 spiro atoms. The number of rotatable bonds is 3. The van der Waals surface area contributed by atoms with Crippen LogP contribution in [0.2, 0.25) is 0 Å². The van der Waals surface area contributed by atoms with Crippen LogP contribution in [0.5, 0.6) is 5.88 Å². The van der Waals surface area contributed by atoms with Gasteiger partial charge in [0.05, 0.1) is 13.2 Å². The van der Waals surface area contributed by atoms with Crippen molar-refractivity contribution in [3.63, 3.8) is 0 Å². The molecule has 0 fully saturated rings. The van der Waals surface area contributed by atoms with Gasteiger partial charge >= 0.3 is 0 Å². The fourth-order valence-corrected chi connectivity index (χ4v) is 1.73. The summed E-state index contributed by atoms with van der Waals surface area (Å²) in [5.41, 5.74) is 6.51. The lowest BCUT2D eigenvalue weighted by atomic mass is 10.00. The predicted octanol–water partition coefficient (Wildman–Crippen LogP) is 2.42. The molecule has 0 saturated carbocycles. The van der Waals surface area contributed by atoms with Crippen LogP contribution in [0.15, 0.2) is 36.5 Å². The van der Waals surface area contributed by atoms with Crippen molar-refractivity contribution in [1.29, 1.82) is 0 Å². The standard InChI is InChI=1S/C13H12F2N2O/c1-18-13-9(3-2-6-17-13)12(16)10-7-8(14)4-5-11(10)15/h2-7,12H,16H2,1H3. The maximum absolute atomic E-state index is 13.6. The van der Waals surface area contributed by atoms with Crippen molar-refractivity contribution in [2.75, 3.05) is 7.11 Å². The minimum Gasteiger partial charge on any atom is -0.481 e. The normalized spacial score (nSPS) is 12.2. The van der Waals surface area contributed by atoms with E-state index in [2.05, 4.69) is 4.98 Å². The Labute approximate surface area is 103 Å². The highest BCUT2D eigenvalue weighted by atomic mass is 19.1. The van der Waals surface area contributed by atoms with Crippen LogP contribution in [0.4, 0.5) is 8.78 Å². The highest BCUT2D eigenvalue weighted by Crippen LogP contribution is 2.28. The number of pyridine rings is 1. The van der Waals surface area contributed by atoms with Crippen molar-refractivity contribution < 1.29 is 13.5 Å². The van der Waals surface area contributed by atoms with Gasteiger partial charge in [0, 0.05) is 17.3 Å². The van der Waals surface area contributed by atoms with Crippen molar-refractivity contribution in [1.82, 2.24) is 4.98 Å². The quantitative estimate of drug-likeness (QED) is 0.910. The summed E-state index contributed by atoms with van der Waals surface area (Å²) in [4.78, 5) is 3.98. The largest absolute Gasteiger partial charge is 0.481 e. The molecule has 1 atom stereocenters. The molecule has 3 nitrogen and oxygen atoms in total. The minimum atomic E-state index is -0.829. The van der Waals surface area contributed by atoms with Crippen LogP contribution in [0.25, 0.3) is 0 Å². The number of nitrogens with two attached hydrogens (primary N) is 1. The van der Waals surface area contributed by atoms with Crippen molar-refractivity contribution in [2.24, 2.45) is 5.73 Å². The zero-order valence-corrected chi connectivity index (χ0v) is 9.73. The molecule has 1 heterocycles. The molecule has 18 heavy (non-hydrogen) atoms. The van der Waals surface area contributed by atoms with Gasteiger partial charge in [-0.15, -0.1) is 0 Å². The van der Waals surface area contributed by atoms with Gasteiger partial charge in [0.2, 0.25) is 5.88 Å². The van der Waals surface area contributed by atoms with Crippen LogP contribution >= 0.6 is 0 Å². The molecule has 0 aliphatic heterocycles. The Morgan fingerprint density at radius 3 is 2.72 bits per heavy atom. The molecular weight excluding hydrogens is 238 g/mol. The minimum absolute atomic E-state index is 0.0706. The number of aromatic nitrogens is 1. The third-order valence-electron chi connectivity index (χ3n) is 2.62. The average Bonchev–Trinajstić information content (AvgIpc) is 2.40. The van der Waals surface area contributed by atoms with Crippen LogP contribution in [0.3, 0.4) is 0 Å². The molecule has 0 aliphatic carbocycles. The highest BCUT2D eigenvalue weighted by Gasteiger charge is 2.18. The van der Waals surface area contributed by atoms with E-state index < -0.39 is 17.7 Å². The number of halogens is 2. The molecule has 0 aliphatic rings. The monoisotopic (exact) mass is 250 g/mol. The van der Waals surface area contributed by atoms with Crippen molar-refractivity contribution >= 4 is 0 Å². The van der Waals surface area contributed by atoms with Gasteiger partial charge in [-0.1, -0.05) is 6.07 Å². The third kappa shape index (κ3) is 2.31. The van der Waals surface area contributed by atoms with E-state index in [0.717, 1.165) is 18.2 Å². The van der Waals surface area contributed by atoms with E-state index in [1.165, 1.54) is 13.3 Å². The van der Waals surface area contributed by atoms with Gasteiger partial charge in [-0.2, -0.15) is 0 Å². The van der Waals surface area contributed by atoms with E-state index in [-0.39, 0.29) is 5.56 Å². The first-order chi connectivity index (χ1) is 8.63. The molecule has 0 amide bonds. The molecule has 1 aromatic carbocycles. The Morgan fingerprint density at radius 2 is 2.00 bits per heavy atom. The number of nitrogens with zero attached hydrogens (tertiary/aromatic N) is 1. The first kappa shape index (κ1) is 12.4. The summed E-state index contributed by atoms with van der Waals surface area (Å²) in [6.07, 6.45) is 1.54. The lowest BCUT2D eigenvalue weighted by Crippen LogP contribution is -2.15. The highest BCUT2D eigenvalue weighted by molar-refractivity contribution is 5.37. The Bertz CT molecular complexity index is 560. The van der Waals surface area contributed by atoms with Gasteiger partial charge in [-0.3, -0.25) is 0 Å². The summed E-state index contributed by atoms with van der Waals surface area (Å²) in [5, 5.41) is 0. The Morgan fingerprint density at radius 1 is 1.22 bits per heavy atom. The van der Waals surface area contributed by atoms with Crippen molar-refractivity contribution in [3.8, 4) is 5.88 Å². The van der Waals surface area contributed by atoms with Crippen LogP contribution in [0, 0.1) is 11.6 Å². The molecular formula is C13H12F2N2O. The number of hydrogen-bond donors (Lipinski definition) is 1. The predicted molar refractivity (Wildman–Crippen MR) is 63.2 cm³/mol. The summed E-state index contributed by atoms with van der Waals surface area (Å²) in [6, 6.07) is 5.67. The molecule has 2 N–H and O–H groups in total. The molecule has 94 valence electrons. The number of methoxy groups -OCH3 is 1. The van der Waals surface area contributed by atoms with Gasteiger partial charge in [0.1, 0.15) is 11.6 Å². The molecule has 5 heteroatoms. The van der Waals surface area contributed by atoms with Crippen molar-refractivity contribution in [3.05, 3.63) is 59.3 Å². The van der Waals surface area contributed by atoms with Crippen LogP contribution in [-0.4, -0.2) is 12.1 Å². The van der Waals surface area contributed by atoms with E-state index in [9.17, 15) is 8.78 Å². The SMILES string of the molecule is COc1ncccc1C(N)c1cc(F)ccc1F. The van der Waals surface area contributed by atoms with Gasteiger partial charge in [-0.05, 0) is 24.3 Å². The Hall–Kier alpha value is -2.01. The fourth-order valence-electron chi connectivity index (χ4n) is 1.73. The van der Waals surface area contributed by atoms with E-state index in [1.54, 1.807) is 12.1 Å². The van der Waals surface area contributed by atoms with Gasteiger partial charge < -0.3 is 10.5 Å². The maximum atomic E-state index is 13.6. The van der Waals surface area contributed by atoms with E-state index in [0.29, 0.717) is 11.4 Å². The maximum Gasteiger partial charge on any atom is 0.218 e. The summed E-state index contributed by atoms with van der Waals surface area (Å²) < 4.78 is 31.8. The van der Waals surface area contributed by atoms with Crippen LogP contribution in [-0.2, 0) is 0 Å². The van der Waals surface area contributed by atoms with E-state index in [1.807, 2.05) is 0 Å². The van der Waals surface area contributed by atoms with Gasteiger partial charge in [0.15, 0.2) is 0 Å². The molecule has 0 saturated heterocycles. The second-order valence-corrected chi connectivity index (χ2v) is 3.75. The number of ether oxygens (including phenoxy) is 1. The molecule has 1 unspecified atom stereocenters. The Kier molecular flexibility index (Phi) is 3.53. The zero-order chi connectivity index (χ0) is 13.1. The number of benzene rings is 1. The lowest BCUT2D eigenvalue weighted by molar-refractivity contribution is 0.390. The summed E-state index contributed by atoms with van der Waals surface area (Å²) in [5.74, 6) is -0.798. The van der Waals surface area contributed by atoms with Crippen LogP contribution in [0.1, 0.15) is 17.2 Å². The second kappa shape index (κ2) is 5.10. The second-order valence-electron chi connectivity index (χ2n) is 3.75. The first-order valence-electron chi connectivity index (χ1n) is 5.33. The lowest BCUT2D eigenvalue weighted by Gasteiger charge is -2.15. The molecule has 1 aromatic heterocycles. The fraction of sp³-hybridized carbons (Fsp3) is 0.154. The third-order valence-corrected chi connectivity index (χ3v) is 2.62. The Balaban J connectivity index is 2.47. The van der Waals surface area contributed by atoms with E-state index >= 15 is 0 Å². The molecule has 0 radical (unpaired) electrons. The van der Waals surface area contributed by atoms with Gasteiger partial charge in [-0.25, -0.2) is 13.8 Å². The molecule has 2 rings (SSSR count). The average molecular weight is 250 g/mol. The van der Waals surface area contributed by atoms with Gasteiger partial charge in [0.25, 0.3) is 0 Å². The molecule has 2 aromatic rings. The van der Waals surface area contributed by atoms with E-state index in [4.69, 9.17) is 10.5 Å². The summed E-state index contributed by atoms with van der Waals surface area (Å²) in [7, 11) is 1.44. The first-order valence-corrected chi connectivity index (χ1v) is 5.33. The smallest absolute Gasteiger partial charge is 0.218 e. The van der Waals surface area contributed by atoms with Crippen LogP contribution < -0.4 is 10.5 Å². The van der Waals surface area contributed by atoms with Crippen molar-refractivity contribution in [2.45, 2.75) is 6.04 Å². The summed E-state index contributed by atoms with van der Waals surface area (Å²) in [6.45, 7) is 0.